The number of benzene rings is 1. The molecule has 16 heavy (non-hydrogen) atoms. The SMILES string of the molecule is CC[N+](CC)(CC)Cc1ccccc1.C[O-]. The molecule has 92 valence electrons. The van der Waals surface area contributed by atoms with Crippen LogP contribution in [0.5, 0.6) is 0 Å². The first-order valence-electron chi connectivity index (χ1n) is 6.06. The van der Waals surface area contributed by atoms with Gasteiger partial charge in [-0.15, -0.1) is 0 Å². The van der Waals surface area contributed by atoms with Gasteiger partial charge in [0.25, 0.3) is 0 Å². The molecule has 0 aliphatic heterocycles. The third-order valence-corrected chi connectivity index (χ3v) is 3.37. The largest absolute Gasteiger partial charge is 0.857 e. The average molecular weight is 223 g/mol. The van der Waals surface area contributed by atoms with Crippen LogP contribution in [0.2, 0.25) is 0 Å². The Labute approximate surface area is 100 Å². The molecule has 1 aromatic carbocycles. The Kier molecular flexibility index (Phi) is 7.86. The second kappa shape index (κ2) is 8.31. The zero-order valence-electron chi connectivity index (χ0n) is 11.1. The summed E-state index contributed by atoms with van der Waals surface area (Å²) in [5.41, 5.74) is 1.46. The van der Waals surface area contributed by atoms with Gasteiger partial charge in [-0.2, -0.15) is 7.11 Å². The Morgan fingerprint density at radius 1 is 0.875 bits per heavy atom. The highest BCUT2D eigenvalue weighted by molar-refractivity contribution is 5.13. The quantitative estimate of drug-likeness (QED) is 0.701. The van der Waals surface area contributed by atoms with Crippen molar-refractivity contribution in [3.8, 4) is 0 Å². The average Bonchev–Trinajstić information content (AvgIpc) is 2.40. The van der Waals surface area contributed by atoms with E-state index < -0.39 is 0 Å². The Morgan fingerprint density at radius 3 is 1.69 bits per heavy atom. The summed E-state index contributed by atoms with van der Waals surface area (Å²) >= 11 is 0. The number of hydrogen-bond donors (Lipinski definition) is 0. The zero-order valence-corrected chi connectivity index (χ0v) is 11.1. The van der Waals surface area contributed by atoms with Crippen LogP contribution in [-0.4, -0.2) is 31.2 Å². The molecule has 0 atom stereocenters. The molecule has 0 amide bonds. The molecule has 2 heteroatoms. The highest BCUT2D eigenvalue weighted by Gasteiger charge is 2.20. The zero-order chi connectivity index (χ0) is 12.4. The van der Waals surface area contributed by atoms with Gasteiger partial charge in [0.1, 0.15) is 6.54 Å². The normalized spacial score (nSPS) is 10.6. The molecular weight excluding hydrogens is 198 g/mol. The maximum atomic E-state index is 8.25. The molecule has 1 aromatic rings. The van der Waals surface area contributed by atoms with Crippen LogP contribution >= 0.6 is 0 Å². The summed E-state index contributed by atoms with van der Waals surface area (Å²) in [6, 6.07) is 10.8. The van der Waals surface area contributed by atoms with Gasteiger partial charge in [0.2, 0.25) is 0 Å². The maximum Gasteiger partial charge on any atom is 0.104 e. The minimum atomic E-state index is 0.750. The van der Waals surface area contributed by atoms with E-state index in [-0.39, 0.29) is 0 Å². The van der Waals surface area contributed by atoms with E-state index in [1.54, 1.807) is 0 Å². The van der Waals surface area contributed by atoms with Crippen LogP contribution in [-0.2, 0) is 6.54 Å². The van der Waals surface area contributed by atoms with Gasteiger partial charge in [0.15, 0.2) is 0 Å². The van der Waals surface area contributed by atoms with E-state index >= 15 is 0 Å². The van der Waals surface area contributed by atoms with Crippen molar-refractivity contribution in [2.75, 3.05) is 26.7 Å². The summed E-state index contributed by atoms with van der Waals surface area (Å²) in [7, 11) is 0.750. The van der Waals surface area contributed by atoms with E-state index in [1.165, 1.54) is 36.2 Å². The molecule has 0 radical (unpaired) electrons. The van der Waals surface area contributed by atoms with Crippen molar-refractivity contribution in [2.45, 2.75) is 27.3 Å². The van der Waals surface area contributed by atoms with Crippen molar-refractivity contribution in [1.29, 1.82) is 0 Å². The second-order valence-corrected chi connectivity index (χ2v) is 3.93. The Bertz CT molecular complexity index is 246. The fraction of sp³-hybridized carbons (Fsp3) is 0.571. The van der Waals surface area contributed by atoms with Gasteiger partial charge in [-0.05, 0) is 20.8 Å². The Morgan fingerprint density at radius 2 is 1.31 bits per heavy atom. The smallest absolute Gasteiger partial charge is 0.104 e. The Hall–Kier alpha value is -0.860. The second-order valence-electron chi connectivity index (χ2n) is 3.93. The molecule has 1 rings (SSSR count). The van der Waals surface area contributed by atoms with E-state index in [9.17, 15) is 0 Å². The van der Waals surface area contributed by atoms with E-state index in [0.717, 1.165) is 7.11 Å². The number of rotatable bonds is 5. The van der Waals surface area contributed by atoms with Crippen LogP contribution in [0.25, 0.3) is 0 Å². The first kappa shape index (κ1) is 15.1. The predicted molar refractivity (Wildman–Crippen MR) is 68.0 cm³/mol. The molecule has 0 aromatic heterocycles. The number of hydrogen-bond acceptors (Lipinski definition) is 1. The first-order chi connectivity index (χ1) is 7.76. The van der Waals surface area contributed by atoms with Crippen molar-refractivity contribution >= 4 is 0 Å². The minimum Gasteiger partial charge on any atom is -0.857 e. The molecule has 0 heterocycles. The topological polar surface area (TPSA) is 23.1 Å². The summed E-state index contributed by atoms with van der Waals surface area (Å²) in [5, 5.41) is 8.25. The summed E-state index contributed by atoms with van der Waals surface area (Å²) in [6.45, 7) is 11.7. The van der Waals surface area contributed by atoms with Crippen LogP contribution in [0.1, 0.15) is 26.3 Å². The van der Waals surface area contributed by atoms with Gasteiger partial charge >= 0.3 is 0 Å². The molecule has 0 fully saturated rings. The first-order valence-corrected chi connectivity index (χ1v) is 6.06. The molecule has 0 unspecified atom stereocenters. The molecule has 0 N–H and O–H groups in total. The van der Waals surface area contributed by atoms with Gasteiger partial charge in [0.05, 0.1) is 19.6 Å². The van der Waals surface area contributed by atoms with Crippen molar-refractivity contribution < 1.29 is 9.59 Å². The van der Waals surface area contributed by atoms with Crippen molar-refractivity contribution in [1.82, 2.24) is 0 Å². The number of nitrogens with zero attached hydrogens (tertiary/aromatic N) is 1. The summed E-state index contributed by atoms with van der Waals surface area (Å²) in [6.07, 6.45) is 0. The van der Waals surface area contributed by atoms with Crippen LogP contribution < -0.4 is 5.11 Å². The molecule has 0 spiro atoms. The molecular formula is C14H25NO. The number of quaternary nitrogens is 1. The highest BCUT2D eigenvalue weighted by Crippen LogP contribution is 2.13. The molecule has 0 saturated carbocycles. The molecule has 0 aliphatic carbocycles. The van der Waals surface area contributed by atoms with Crippen molar-refractivity contribution in [2.24, 2.45) is 0 Å². The van der Waals surface area contributed by atoms with Crippen LogP contribution in [0, 0.1) is 0 Å². The molecule has 0 bridgehead atoms. The lowest BCUT2D eigenvalue weighted by Crippen LogP contribution is -2.46. The van der Waals surface area contributed by atoms with Gasteiger partial charge in [-0.3, -0.25) is 0 Å². The fourth-order valence-corrected chi connectivity index (χ4v) is 1.98. The Balaban J connectivity index is 0.00000106. The highest BCUT2D eigenvalue weighted by atomic mass is 16.2. The van der Waals surface area contributed by atoms with Crippen molar-refractivity contribution in [3.63, 3.8) is 0 Å². The van der Waals surface area contributed by atoms with E-state index in [1.807, 2.05) is 0 Å². The van der Waals surface area contributed by atoms with E-state index in [2.05, 4.69) is 51.1 Å². The molecule has 0 saturated heterocycles. The van der Waals surface area contributed by atoms with Crippen LogP contribution in [0.15, 0.2) is 30.3 Å². The van der Waals surface area contributed by atoms with E-state index in [0.29, 0.717) is 0 Å². The third kappa shape index (κ3) is 4.33. The summed E-state index contributed by atoms with van der Waals surface area (Å²) in [5.74, 6) is 0. The maximum absolute atomic E-state index is 8.25. The van der Waals surface area contributed by atoms with E-state index in [4.69, 9.17) is 5.11 Å². The van der Waals surface area contributed by atoms with Gasteiger partial charge in [-0.25, -0.2) is 0 Å². The predicted octanol–water partition coefficient (Wildman–Crippen LogP) is 2.04. The monoisotopic (exact) mass is 223 g/mol. The third-order valence-electron chi connectivity index (χ3n) is 3.37. The molecule has 0 aliphatic rings. The lowest BCUT2D eigenvalue weighted by atomic mass is 10.2. The summed E-state index contributed by atoms with van der Waals surface area (Å²) < 4.78 is 1.20. The fourth-order valence-electron chi connectivity index (χ4n) is 1.98. The minimum absolute atomic E-state index is 0.750. The van der Waals surface area contributed by atoms with Gasteiger partial charge < -0.3 is 9.59 Å². The van der Waals surface area contributed by atoms with Gasteiger partial charge in [0, 0.05) is 5.56 Å². The lowest BCUT2D eigenvalue weighted by molar-refractivity contribution is -0.936. The van der Waals surface area contributed by atoms with Crippen LogP contribution in [0.4, 0.5) is 0 Å². The van der Waals surface area contributed by atoms with Gasteiger partial charge in [-0.1, -0.05) is 30.3 Å². The standard InChI is InChI=1S/C13H22N.CH3O/c1-4-14(5-2,6-3)12-13-10-8-7-9-11-13;1-2/h7-11H,4-6,12H2,1-3H3;1H3/q+1;-1. The lowest BCUT2D eigenvalue weighted by Gasteiger charge is -2.35. The van der Waals surface area contributed by atoms with Crippen LogP contribution in [0.3, 0.4) is 0 Å². The summed E-state index contributed by atoms with van der Waals surface area (Å²) in [4.78, 5) is 0. The van der Waals surface area contributed by atoms with Crippen molar-refractivity contribution in [3.05, 3.63) is 35.9 Å². The molecule has 2 nitrogen and oxygen atoms in total.